The average Bonchev–Trinajstić information content (AvgIpc) is 2.97. The first-order chi connectivity index (χ1) is 22.1. The summed E-state index contributed by atoms with van der Waals surface area (Å²) < 4.78 is 12.1. The third-order valence-electron chi connectivity index (χ3n) is 9.36. The van der Waals surface area contributed by atoms with Gasteiger partial charge in [-0.2, -0.15) is 0 Å². The molecule has 1 N–H and O–H groups in total. The number of carboxylic acid groups (broad SMARTS) is 1. The lowest BCUT2D eigenvalue weighted by atomic mass is 9.81. The second-order valence-electron chi connectivity index (χ2n) is 14.8. The van der Waals surface area contributed by atoms with Gasteiger partial charge in [0.05, 0.1) is 22.9 Å². The maximum absolute atomic E-state index is 12.9. The number of aryl methyl sites for hydroxylation is 2. The third-order valence-corrected chi connectivity index (χ3v) is 9.91. The van der Waals surface area contributed by atoms with E-state index in [0.29, 0.717) is 34.5 Å². The number of nitrogens with zero attached hydrogens (tertiary/aromatic N) is 3. The van der Waals surface area contributed by atoms with Crippen LogP contribution in [0.5, 0.6) is 5.75 Å². The summed E-state index contributed by atoms with van der Waals surface area (Å²) in [7, 11) is 0. The van der Waals surface area contributed by atoms with Crippen LogP contribution in [0.3, 0.4) is 0 Å². The minimum Gasteiger partial charge on any atom is -0.493 e. The molecule has 0 saturated carbocycles. The van der Waals surface area contributed by atoms with Gasteiger partial charge < -0.3 is 19.5 Å². The van der Waals surface area contributed by atoms with Gasteiger partial charge in [0, 0.05) is 65.8 Å². The van der Waals surface area contributed by atoms with E-state index < -0.39 is 17.7 Å². The second-order valence-corrected chi connectivity index (χ2v) is 15.6. The molecule has 0 aliphatic carbocycles. The smallest absolute Gasteiger partial charge is 0.337 e. The molecule has 254 valence electrons. The first-order valence-electron chi connectivity index (χ1n) is 16.7. The molecule has 5 rings (SSSR count). The van der Waals surface area contributed by atoms with Crippen LogP contribution in [0.2, 0.25) is 10.0 Å². The fourth-order valence-electron chi connectivity index (χ4n) is 6.90. The Morgan fingerprint density at radius 2 is 1.74 bits per heavy atom. The Balaban J connectivity index is 1.55. The summed E-state index contributed by atoms with van der Waals surface area (Å²) in [5, 5.41) is 11.7. The molecule has 0 amide bonds. The van der Waals surface area contributed by atoms with Gasteiger partial charge in [-0.25, -0.2) is 4.79 Å². The molecule has 7 nitrogen and oxygen atoms in total. The molecule has 1 aromatic heterocycles. The van der Waals surface area contributed by atoms with Gasteiger partial charge in [0.15, 0.2) is 6.10 Å². The molecule has 2 aromatic carbocycles. The molecule has 2 aliphatic rings. The van der Waals surface area contributed by atoms with Crippen molar-refractivity contribution in [1.82, 2.24) is 9.88 Å². The van der Waals surface area contributed by atoms with E-state index in [2.05, 4.69) is 41.8 Å². The number of aromatic nitrogens is 1. The zero-order valence-corrected chi connectivity index (χ0v) is 30.6. The third kappa shape index (κ3) is 8.07. The number of fused-ring (bicyclic) bond motifs is 1. The van der Waals surface area contributed by atoms with Crippen molar-refractivity contribution < 1.29 is 19.4 Å². The summed E-state index contributed by atoms with van der Waals surface area (Å²) in [4.78, 5) is 22.6. The molecule has 9 heteroatoms. The first kappa shape index (κ1) is 35.5. The number of hydrogen-bond donors (Lipinski definition) is 1. The largest absolute Gasteiger partial charge is 0.493 e. The number of hydrogen-bond acceptors (Lipinski definition) is 6. The molecule has 3 heterocycles. The summed E-state index contributed by atoms with van der Waals surface area (Å²) in [6.45, 7) is 20.8. The molecule has 0 radical (unpaired) electrons. The maximum Gasteiger partial charge on any atom is 0.337 e. The number of aliphatic carboxylic acids is 1. The predicted octanol–water partition coefficient (Wildman–Crippen LogP) is 9.20. The van der Waals surface area contributed by atoms with Gasteiger partial charge in [-0.3, -0.25) is 9.88 Å². The van der Waals surface area contributed by atoms with Gasteiger partial charge in [0.2, 0.25) is 0 Å². The summed E-state index contributed by atoms with van der Waals surface area (Å²) >= 11 is 12.9. The zero-order valence-electron chi connectivity index (χ0n) is 29.1. The number of benzene rings is 2. The highest BCUT2D eigenvalue weighted by Gasteiger charge is 2.36. The lowest BCUT2D eigenvalue weighted by Gasteiger charge is -2.41. The van der Waals surface area contributed by atoms with E-state index >= 15 is 0 Å². The molecule has 47 heavy (non-hydrogen) atoms. The number of anilines is 1. The minimum atomic E-state index is -1.14. The van der Waals surface area contributed by atoms with Crippen LogP contribution in [-0.2, 0) is 29.0 Å². The van der Waals surface area contributed by atoms with Crippen molar-refractivity contribution in [2.75, 3.05) is 31.1 Å². The van der Waals surface area contributed by atoms with Gasteiger partial charge in [-0.15, -0.1) is 0 Å². The Bertz CT molecular complexity index is 1640. The lowest BCUT2D eigenvalue weighted by Crippen LogP contribution is -2.39. The van der Waals surface area contributed by atoms with Gasteiger partial charge in [-0.1, -0.05) is 55.2 Å². The fourth-order valence-corrected chi connectivity index (χ4v) is 7.43. The topological polar surface area (TPSA) is 75.1 Å². The molecular formula is C38H49Cl2N3O4. The van der Waals surface area contributed by atoms with Gasteiger partial charge in [0.25, 0.3) is 0 Å². The number of pyridine rings is 1. The first-order valence-corrected chi connectivity index (χ1v) is 17.4. The van der Waals surface area contributed by atoms with Crippen molar-refractivity contribution in [3.63, 3.8) is 0 Å². The fraction of sp³-hybridized carbons (Fsp3) is 0.526. The van der Waals surface area contributed by atoms with Crippen molar-refractivity contribution in [1.29, 1.82) is 0 Å². The van der Waals surface area contributed by atoms with Crippen LogP contribution in [-0.4, -0.2) is 52.8 Å². The highest BCUT2D eigenvalue weighted by molar-refractivity contribution is 6.35. The van der Waals surface area contributed by atoms with Crippen LogP contribution >= 0.6 is 23.2 Å². The maximum atomic E-state index is 12.9. The number of carbonyl (C=O) groups is 1. The molecular weight excluding hydrogens is 633 g/mol. The van der Waals surface area contributed by atoms with E-state index in [4.69, 9.17) is 37.7 Å². The van der Waals surface area contributed by atoms with Crippen molar-refractivity contribution in [2.24, 2.45) is 5.41 Å². The monoisotopic (exact) mass is 681 g/mol. The van der Waals surface area contributed by atoms with Gasteiger partial charge in [-0.05, 0) is 95.0 Å². The Labute approximate surface area is 290 Å². The van der Waals surface area contributed by atoms with Gasteiger partial charge in [0.1, 0.15) is 5.75 Å². The quantitative estimate of drug-likeness (QED) is 0.241. The molecule has 0 spiro atoms. The van der Waals surface area contributed by atoms with E-state index in [-0.39, 0.29) is 5.41 Å². The van der Waals surface area contributed by atoms with E-state index in [0.717, 1.165) is 79.3 Å². The SMILES string of the molecule is CCOc1cc(Cl)cc(Cl)c1CN1CCc2cc(-c3c(C)nc(C)c(C(OC(C)(C)C)C(=O)O)c3N3CCC(C)(C)CC3)ccc2C1. The lowest BCUT2D eigenvalue weighted by molar-refractivity contribution is -0.160. The predicted molar refractivity (Wildman–Crippen MR) is 191 cm³/mol. The summed E-state index contributed by atoms with van der Waals surface area (Å²) in [5.41, 5.74) is 8.33. The normalized spacial score (nSPS) is 17.4. The van der Waals surface area contributed by atoms with Crippen molar-refractivity contribution >= 4 is 34.9 Å². The molecule has 1 unspecified atom stereocenters. The molecule has 3 aromatic rings. The Hall–Kier alpha value is -2.84. The van der Waals surface area contributed by atoms with E-state index in [9.17, 15) is 9.90 Å². The summed E-state index contributed by atoms with van der Waals surface area (Å²) in [6.07, 6.45) is 1.78. The van der Waals surface area contributed by atoms with Crippen LogP contribution in [0.4, 0.5) is 5.69 Å². The Morgan fingerprint density at radius 3 is 2.38 bits per heavy atom. The van der Waals surface area contributed by atoms with Crippen molar-refractivity contribution in [2.45, 2.75) is 99.4 Å². The van der Waals surface area contributed by atoms with E-state index in [1.165, 1.54) is 11.1 Å². The van der Waals surface area contributed by atoms with Crippen LogP contribution in [0.25, 0.3) is 11.1 Å². The number of halogens is 2. The minimum absolute atomic E-state index is 0.236. The van der Waals surface area contributed by atoms with Gasteiger partial charge >= 0.3 is 5.97 Å². The molecule has 1 atom stereocenters. The number of rotatable bonds is 9. The molecule has 2 aliphatic heterocycles. The summed E-state index contributed by atoms with van der Waals surface area (Å²) in [6, 6.07) is 10.3. The summed E-state index contributed by atoms with van der Waals surface area (Å²) in [5.74, 6) is -0.273. The number of ether oxygens (including phenoxy) is 2. The van der Waals surface area contributed by atoms with E-state index in [1.54, 1.807) is 6.07 Å². The Kier molecular flexibility index (Phi) is 10.5. The van der Waals surface area contributed by atoms with Crippen LogP contribution in [0.15, 0.2) is 30.3 Å². The van der Waals surface area contributed by atoms with Crippen LogP contribution in [0, 0.1) is 19.3 Å². The van der Waals surface area contributed by atoms with Crippen LogP contribution in [0.1, 0.15) is 94.1 Å². The highest BCUT2D eigenvalue weighted by atomic mass is 35.5. The number of piperidine rings is 1. The highest BCUT2D eigenvalue weighted by Crippen LogP contribution is 2.45. The zero-order chi connectivity index (χ0) is 34.3. The second kappa shape index (κ2) is 13.9. The van der Waals surface area contributed by atoms with Crippen molar-refractivity contribution in [3.05, 3.63) is 74.0 Å². The molecule has 1 fully saturated rings. The Morgan fingerprint density at radius 1 is 1.04 bits per heavy atom. The molecule has 0 bridgehead atoms. The van der Waals surface area contributed by atoms with E-state index in [1.807, 2.05) is 47.6 Å². The molecule has 1 saturated heterocycles. The van der Waals surface area contributed by atoms with Crippen LogP contribution < -0.4 is 9.64 Å². The number of carboxylic acids is 1. The average molecular weight is 683 g/mol. The standard InChI is InChI=1S/C38H49Cl2N3O4/c1-9-46-31-20-28(39)19-30(40)29(31)22-42-15-12-25-18-26(10-11-27(25)21-42)32-23(2)41-24(3)33(35(36(44)45)47-37(4,5)6)34(32)43-16-13-38(7,8)14-17-43/h10-11,18-20,35H,9,12-17,21-22H2,1-8H3,(H,44,45). The van der Waals surface area contributed by atoms with Crippen molar-refractivity contribution in [3.8, 4) is 16.9 Å².